The van der Waals surface area contributed by atoms with Gasteiger partial charge in [0, 0.05) is 25.9 Å². The van der Waals surface area contributed by atoms with Crippen molar-refractivity contribution in [3.05, 3.63) is 0 Å². The Morgan fingerprint density at radius 3 is 2.54 bits per heavy atom. The molecule has 0 saturated heterocycles. The lowest BCUT2D eigenvalue weighted by atomic mass is 10.1. The molecule has 0 aliphatic rings. The van der Waals surface area contributed by atoms with Crippen molar-refractivity contribution in [2.24, 2.45) is 5.92 Å². The summed E-state index contributed by atoms with van der Waals surface area (Å²) >= 11 is 5.48. The van der Waals surface area contributed by atoms with E-state index in [1.165, 1.54) is 6.42 Å². The molecular formula is C10H20ClNO. The molecule has 0 aromatic rings. The molecule has 0 radical (unpaired) electrons. The highest BCUT2D eigenvalue weighted by Gasteiger charge is 2.06. The number of alkyl halides is 1. The molecular weight excluding hydrogens is 186 g/mol. The van der Waals surface area contributed by atoms with Gasteiger partial charge in [0.2, 0.25) is 5.91 Å². The molecule has 0 rings (SSSR count). The first kappa shape index (κ1) is 12.8. The Labute approximate surface area is 86.2 Å². The van der Waals surface area contributed by atoms with Crippen LogP contribution in [-0.2, 0) is 4.79 Å². The van der Waals surface area contributed by atoms with Crippen LogP contribution in [0.1, 0.15) is 33.1 Å². The number of hydrogen-bond acceptors (Lipinski definition) is 1. The van der Waals surface area contributed by atoms with Gasteiger partial charge in [0.25, 0.3) is 0 Å². The lowest BCUT2D eigenvalue weighted by Gasteiger charge is -2.16. The Kier molecular flexibility index (Phi) is 7.06. The van der Waals surface area contributed by atoms with Crippen molar-refractivity contribution in [3.63, 3.8) is 0 Å². The summed E-state index contributed by atoms with van der Waals surface area (Å²) in [5.41, 5.74) is 0. The van der Waals surface area contributed by atoms with E-state index in [1.54, 1.807) is 4.90 Å². The van der Waals surface area contributed by atoms with Crippen molar-refractivity contribution >= 4 is 17.5 Å². The van der Waals surface area contributed by atoms with Crippen molar-refractivity contribution < 1.29 is 4.79 Å². The van der Waals surface area contributed by atoms with E-state index in [9.17, 15) is 4.79 Å². The fourth-order valence-corrected chi connectivity index (χ4v) is 1.29. The van der Waals surface area contributed by atoms with Crippen molar-refractivity contribution in [1.29, 1.82) is 0 Å². The van der Waals surface area contributed by atoms with Gasteiger partial charge in [-0.3, -0.25) is 4.79 Å². The van der Waals surface area contributed by atoms with E-state index in [-0.39, 0.29) is 5.91 Å². The molecule has 0 N–H and O–H groups in total. The number of nitrogens with zero attached hydrogens (tertiary/aromatic N) is 1. The summed E-state index contributed by atoms with van der Waals surface area (Å²) in [6.45, 7) is 5.25. The Balaban J connectivity index is 3.49. The molecule has 0 spiro atoms. The maximum absolute atomic E-state index is 11.3. The Hall–Kier alpha value is -0.240. The lowest BCUT2D eigenvalue weighted by Crippen LogP contribution is -2.27. The highest BCUT2D eigenvalue weighted by atomic mass is 35.5. The van der Waals surface area contributed by atoms with Gasteiger partial charge >= 0.3 is 0 Å². The van der Waals surface area contributed by atoms with Crippen molar-refractivity contribution in [2.45, 2.75) is 33.1 Å². The van der Waals surface area contributed by atoms with Crippen LogP contribution in [0.3, 0.4) is 0 Å². The summed E-state index contributed by atoms with van der Waals surface area (Å²) < 4.78 is 0. The maximum Gasteiger partial charge on any atom is 0.223 e. The summed E-state index contributed by atoms with van der Waals surface area (Å²) in [6.07, 6.45) is 2.72. The van der Waals surface area contributed by atoms with Gasteiger partial charge in [0.15, 0.2) is 0 Å². The van der Waals surface area contributed by atoms with Crippen LogP contribution >= 0.6 is 11.6 Å². The van der Waals surface area contributed by atoms with E-state index >= 15 is 0 Å². The number of hydrogen-bond donors (Lipinski definition) is 0. The molecule has 0 unspecified atom stereocenters. The third kappa shape index (κ3) is 6.88. The van der Waals surface area contributed by atoms with Crippen LogP contribution in [0.2, 0.25) is 0 Å². The van der Waals surface area contributed by atoms with Crippen LogP contribution in [0.25, 0.3) is 0 Å². The number of carbonyl (C=O) groups is 1. The summed E-state index contributed by atoms with van der Waals surface area (Å²) in [7, 11) is 1.84. The Morgan fingerprint density at radius 1 is 1.46 bits per heavy atom. The molecule has 3 heteroatoms. The molecule has 0 fully saturated rings. The second-order valence-electron chi connectivity index (χ2n) is 3.79. The standard InChI is InChI=1S/C10H20ClNO/c1-9(2)5-4-8-12(3)10(13)6-7-11/h9H,4-8H2,1-3H3. The average Bonchev–Trinajstić information content (AvgIpc) is 2.04. The molecule has 78 valence electrons. The summed E-state index contributed by atoms with van der Waals surface area (Å²) in [5.74, 6) is 1.29. The summed E-state index contributed by atoms with van der Waals surface area (Å²) in [6, 6.07) is 0. The largest absolute Gasteiger partial charge is 0.346 e. The average molecular weight is 206 g/mol. The van der Waals surface area contributed by atoms with Crippen LogP contribution in [0.15, 0.2) is 0 Å². The minimum atomic E-state index is 0.152. The SMILES string of the molecule is CC(C)CCCN(C)C(=O)CCCl. The smallest absolute Gasteiger partial charge is 0.223 e. The van der Waals surface area contributed by atoms with E-state index in [0.29, 0.717) is 12.3 Å². The minimum Gasteiger partial charge on any atom is -0.346 e. The van der Waals surface area contributed by atoms with Gasteiger partial charge in [-0.15, -0.1) is 11.6 Å². The molecule has 0 aliphatic heterocycles. The van der Waals surface area contributed by atoms with Gasteiger partial charge in [-0.25, -0.2) is 0 Å². The fourth-order valence-electron chi connectivity index (χ4n) is 1.13. The third-order valence-corrected chi connectivity index (χ3v) is 2.20. The molecule has 0 aromatic heterocycles. The van der Waals surface area contributed by atoms with Gasteiger partial charge in [0.05, 0.1) is 0 Å². The summed E-state index contributed by atoms with van der Waals surface area (Å²) in [4.78, 5) is 13.0. The van der Waals surface area contributed by atoms with E-state index in [1.807, 2.05) is 7.05 Å². The number of carbonyl (C=O) groups excluding carboxylic acids is 1. The van der Waals surface area contributed by atoms with Crippen molar-refractivity contribution in [3.8, 4) is 0 Å². The van der Waals surface area contributed by atoms with E-state index < -0.39 is 0 Å². The third-order valence-electron chi connectivity index (χ3n) is 2.01. The quantitative estimate of drug-likeness (QED) is 0.611. The van der Waals surface area contributed by atoms with Crippen molar-refractivity contribution in [2.75, 3.05) is 19.5 Å². The number of amides is 1. The monoisotopic (exact) mass is 205 g/mol. The molecule has 0 bridgehead atoms. The molecule has 0 heterocycles. The number of rotatable bonds is 6. The normalized spacial score (nSPS) is 10.5. The maximum atomic E-state index is 11.3. The first-order valence-corrected chi connectivity index (χ1v) is 5.41. The Bertz CT molecular complexity index is 148. The van der Waals surface area contributed by atoms with Gasteiger partial charge in [-0.2, -0.15) is 0 Å². The minimum absolute atomic E-state index is 0.152. The first-order chi connectivity index (χ1) is 6.07. The molecule has 0 saturated carbocycles. The zero-order valence-electron chi connectivity index (χ0n) is 8.85. The van der Waals surface area contributed by atoms with Gasteiger partial charge in [0.1, 0.15) is 0 Å². The Morgan fingerprint density at radius 2 is 2.08 bits per heavy atom. The topological polar surface area (TPSA) is 20.3 Å². The van der Waals surface area contributed by atoms with Crippen molar-refractivity contribution in [1.82, 2.24) is 4.90 Å². The molecule has 0 aliphatic carbocycles. The zero-order chi connectivity index (χ0) is 10.3. The zero-order valence-corrected chi connectivity index (χ0v) is 9.60. The second-order valence-corrected chi connectivity index (χ2v) is 4.17. The van der Waals surface area contributed by atoms with Crippen LogP contribution in [0.5, 0.6) is 0 Å². The molecule has 13 heavy (non-hydrogen) atoms. The first-order valence-electron chi connectivity index (χ1n) is 4.87. The molecule has 1 amide bonds. The van der Waals surface area contributed by atoms with E-state index in [2.05, 4.69) is 13.8 Å². The van der Waals surface area contributed by atoms with Gasteiger partial charge in [-0.05, 0) is 18.8 Å². The fraction of sp³-hybridized carbons (Fsp3) is 0.900. The highest BCUT2D eigenvalue weighted by Crippen LogP contribution is 2.04. The number of halogens is 1. The molecule has 0 atom stereocenters. The van der Waals surface area contributed by atoms with Gasteiger partial charge in [-0.1, -0.05) is 13.8 Å². The van der Waals surface area contributed by atoms with Crippen LogP contribution < -0.4 is 0 Å². The highest BCUT2D eigenvalue weighted by molar-refractivity contribution is 6.18. The second kappa shape index (κ2) is 7.19. The summed E-state index contributed by atoms with van der Waals surface area (Å²) in [5, 5.41) is 0. The predicted molar refractivity (Wildman–Crippen MR) is 57.0 cm³/mol. The van der Waals surface area contributed by atoms with Crippen LogP contribution in [0, 0.1) is 5.92 Å². The van der Waals surface area contributed by atoms with Crippen LogP contribution in [0.4, 0.5) is 0 Å². The predicted octanol–water partition coefficient (Wildman–Crippen LogP) is 2.51. The molecule has 0 aromatic carbocycles. The van der Waals surface area contributed by atoms with E-state index in [4.69, 9.17) is 11.6 Å². The molecule has 2 nitrogen and oxygen atoms in total. The van der Waals surface area contributed by atoms with Gasteiger partial charge < -0.3 is 4.90 Å². The van der Waals surface area contributed by atoms with E-state index in [0.717, 1.165) is 18.9 Å². The lowest BCUT2D eigenvalue weighted by molar-refractivity contribution is -0.129. The van der Waals surface area contributed by atoms with Crippen LogP contribution in [-0.4, -0.2) is 30.3 Å².